The summed E-state index contributed by atoms with van der Waals surface area (Å²) in [4.78, 5) is 25.0. The molecule has 0 saturated carbocycles. The van der Waals surface area contributed by atoms with Crippen LogP contribution in [0.15, 0.2) is 60.3 Å². The van der Waals surface area contributed by atoms with Gasteiger partial charge in [0, 0.05) is 22.8 Å². The Balaban J connectivity index is 1.66. The molecule has 9 heteroatoms. The number of anilines is 1. The summed E-state index contributed by atoms with van der Waals surface area (Å²) in [6.07, 6.45) is 1.72. The minimum absolute atomic E-state index is 0.135. The monoisotopic (exact) mass is 483 g/mol. The molecule has 2 N–H and O–H groups in total. The molecular formula is C24H26ClN5O2S. The number of carbonyl (C=O) groups is 2. The van der Waals surface area contributed by atoms with Crippen LogP contribution in [0.1, 0.15) is 40.3 Å². The molecule has 1 atom stereocenters. The number of hydrogen-bond donors (Lipinski definition) is 2. The van der Waals surface area contributed by atoms with Crippen LogP contribution in [-0.4, -0.2) is 32.3 Å². The van der Waals surface area contributed by atoms with Crippen LogP contribution in [0.5, 0.6) is 0 Å². The van der Waals surface area contributed by atoms with Crippen molar-refractivity contribution < 1.29 is 9.59 Å². The van der Waals surface area contributed by atoms with E-state index in [4.69, 9.17) is 11.6 Å². The number of hydrogen-bond acceptors (Lipinski definition) is 5. The molecule has 2 amide bonds. The molecule has 172 valence electrons. The fourth-order valence-electron chi connectivity index (χ4n) is 3.35. The van der Waals surface area contributed by atoms with Crippen LogP contribution < -0.4 is 10.6 Å². The third-order valence-electron chi connectivity index (χ3n) is 4.74. The van der Waals surface area contributed by atoms with Crippen molar-refractivity contribution >= 4 is 40.9 Å². The lowest BCUT2D eigenvalue weighted by Crippen LogP contribution is -2.28. The van der Waals surface area contributed by atoms with Gasteiger partial charge in [-0.25, -0.2) is 0 Å². The number of thioether (sulfide) groups is 1. The molecule has 0 radical (unpaired) electrons. The average Bonchev–Trinajstić information content (AvgIpc) is 3.15. The van der Waals surface area contributed by atoms with Crippen LogP contribution in [0.25, 0.3) is 0 Å². The van der Waals surface area contributed by atoms with E-state index < -0.39 is 6.04 Å². The van der Waals surface area contributed by atoms with Gasteiger partial charge in [0.15, 0.2) is 11.0 Å². The smallest absolute Gasteiger partial charge is 0.251 e. The highest BCUT2D eigenvalue weighted by Crippen LogP contribution is 2.22. The predicted octanol–water partition coefficient (Wildman–Crippen LogP) is 4.96. The number of amides is 2. The van der Waals surface area contributed by atoms with E-state index in [1.807, 2.05) is 37.5 Å². The van der Waals surface area contributed by atoms with Gasteiger partial charge in [-0.05, 0) is 68.3 Å². The normalized spacial score (nSPS) is 11.6. The maximum Gasteiger partial charge on any atom is 0.251 e. The number of allylic oxidation sites excluding steroid dienone is 1. The Hall–Kier alpha value is -3.10. The van der Waals surface area contributed by atoms with Crippen LogP contribution >= 0.6 is 23.4 Å². The average molecular weight is 484 g/mol. The third-order valence-corrected chi connectivity index (χ3v) is 5.95. The van der Waals surface area contributed by atoms with E-state index >= 15 is 0 Å². The summed E-state index contributed by atoms with van der Waals surface area (Å²) in [5, 5.41) is 15.5. The van der Waals surface area contributed by atoms with Gasteiger partial charge >= 0.3 is 0 Å². The van der Waals surface area contributed by atoms with E-state index in [2.05, 4.69) is 33.5 Å². The summed E-state index contributed by atoms with van der Waals surface area (Å²) in [6.45, 7) is 10.1. The summed E-state index contributed by atoms with van der Waals surface area (Å²) in [5.74, 6) is 0.376. The first kappa shape index (κ1) is 24.5. The number of aromatic nitrogens is 3. The van der Waals surface area contributed by atoms with E-state index in [0.29, 0.717) is 28.1 Å². The van der Waals surface area contributed by atoms with E-state index in [-0.39, 0.29) is 17.6 Å². The van der Waals surface area contributed by atoms with Crippen LogP contribution in [0.2, 0.25) is 5.02 Å². The van der Waals surface area contributed by atoms with Crippen LogP contribution in [0, 0.1) is 13.8 Å². The Morgan fingerprint density at radius 1 is 1.15 bits per heavy atom. The zero-order valence-electron chi connectivity index (χ0n) is 18.8. The molecule has 0 unspecified atom stereocenters. The summed E-state index contributed by atoms with van der Waals surface area (Å²) < 4.78 is 1.84. The molecule has 0 fully saturated rings. The first-order chi connectivity index (χ1) is 15.8. The van der Waals surface area contributed by atoms with Gasteiger partial charge in [-0.15, -0.1) is 16.8 Å². The maximum absolute atomic E-state index is 12.6. The van der Waals surface area contributed by atoms with Gasteiger partial charge in [-0.2, -0.15) is 0 Å². The molecule has 0 aliphatic rings. The van der Waals surface area contributed by atoms with Crippen molar-refractivity contribution in [3.63, 3.8) is 0 Å². The lowest BCUT2D eigenvalue weighted by molar-refractivity contribution is -0.113. The number of halogens is 1. The molecule has 0 bridgehead atoms. The quantitative estimate of drug-likeness (QED) is 0.332. The maximum atomic E-state index is 12.6. The van der Waals surface area contributed by atoms with Crippen molar-refractivity contribution in [1.82, 2.24) is 20.1 Å². The Labute approximate surface area is 202 Å². The number of nitrogens with zero attached hydrogens (tertiary/aromatic N) is 3. The van der Waals surface area contributed by atoms with Crippen molar-refractivity contribution in [2.75, 3.05) is 11.1 Å². The molecule has 1 aromatic heterocycles. The Kier molecular flexibility index (Phi) is 8.30. The first-order valence-corrected chi connectivity index (χ1v) is 11.7. The molecule has 0 spiro atoms. The number of rotatable bonds is 9. The molecule has 7 nitrogen and oxygen atoms in total. The molecule has 0 aliphatic heterocycles. The highest BCUT2D eigenvalue weighted by atomic mass is 35.5. The summed E-state index contributed by atoms with van der Waals surface area (Å²) in [6, 6.07) is 12.2. The third kappa shape index (κ3) is 6.69. The second kappa shape index (κ2) is 11.2. The fraction of sp³-hybridized carbons (Fsp3) is 0.250. The van der Waals surface area contributed by atoms with Gasteiger partial charge in [0.25, 0.3) is 5.91 Å². The van der Waals surface area contributed by atoms with E-state index in [0.717, 1.165) is 16.8 Å². The van der Waals surface area contributed by atoms with E-state index in [1.54, 1.807) is 30.3 Å². The van der Waals surface area contributed by atoms with Crippen LogP contribution in [-0.2, 0) is 11.3 Å². The number of carbonyl (C=O) groups excluding carboxylic acids is 2. The van der Waals surface area contributed by atoms with Crippen molar-refractivity contribution in [3.8, 4) is 0 Å². The van der Waals surface area contributed by atoms with Gasteiger partial charge in [-0.1, -0.05) is 35.5 Å². The zero-order valence-corrected chi connectivity index (χ0v) is 20.3. The van der Waals surface area contributed by atoms with E-state index in [1.165, 1.54) is 11.8 Å². The Morgan fingerprint density at radius 3 is 2.45 bits per heavy atom. The lowest BCUT2D eigenvalue weighted by atomic mass is 10.1. The minimum atomic E-state index is -0.404. The van der Waals surface area contributed by atoms with Crippen molar-refractivity contribution in [2.24, 2.45) is 0 Å². The SMILES string of the molecule is C=CCn1c(SCC(=O)Nc2cc(C)cc(C)c2)nnc1[C@H](C)NC(=O)c1ccc(Cl)cc1. The number of nitrogens with one attached hydrogen (secondary N) is 2. The highest BCUT2D eigenvalue weighted by molar-refractivity contribution is 7.99. The number of aryl methyl sites for hydroxylation is 2. The minimum Gasteiger partial charge on any atom is -0.342 e. The first-order valence-electron chi connectivity index (χ1n) is 10.4. The molecule has 2 aromatic carbocycles. The standard InChI is InChI=1S/C24H26ClN5O2S/c1-5-10-30-22(17(4)26-23(32)18-6-8-19(25)9-7-18)28-29-24(30)33-14-21(31)27-20-12-15(2)11-16(3)13-20/h5-9,11-13,17H,1,10,14H2,2-4H3,(H,26,32)(H,27,31)/t17-/m0/s1. The molecule has 3 aromatic rings. The Bertz CT molecular complexity index is 1140. The van der Waals surface area contributed by atoms with Gasteiger partial charge in [0.05, 0.1) is 11.8 Å². The largest absolute Gasteiger partial charge is 0.342 e. The number of benzene rings is 2. The van der Waals surface area contributed by atoms with Gasteiger partial charge in [0.2, 0.25) is 5.91 Å². The van der Waals surface area contributed by atoms with Crippen LogP contribution in [0.3, 0.4) is 0 Å². The predicted molar refractivity (Wildman–Crippen MR) is 133 cm³/mol. The van der Waals surface area contributed by atoms with Crippen LogP contribution in [0.4, 0.5) is 5.69 Å². The molecule has 0 aliphatic carbocycles. The van der Waals surface area contributed by atoms with Gasteiger partial charge < -0.3 is 15.2 Å². The molecule has 0 saturated heterocycles. The van der Waals surface area contributed by atoms with Gasteiger partial charge in [-0.3, -0.25) is 9.59 Å². The summed E-state index contributed by atoms with van der Waals surface area (Å²) in [5.41, 5.74) is 3.44. The Morgan fingerprint density at radius 2 is 1.82 bits per heavy atom. The van der Waals surface area contributed by atoms with Crippen molar-refractivity contribution in [2.45, 2.75) is 38.5 Å². The molecule has 3 rings (SSSR count). The van der Waals surface area contributed by atoms with Gasteiger partial charge in [0.1, 0.15) is 0 Å². The topological polar surface area (TPSA) is 88.9 Å². The molecule has 1 heterocycles. The molecule has 33 heavy (non-hydrogen) atoms. The van der Waals surface area contributed by atoms with E-state index in [9.17, 15) is 9.59 Å². The fourth-order valence-corrected chi connectivity index (χ4v) is 4.23. The molecular weight excluding hydrogens is 458 g/mol. The summed E-state index contributed by atoms with van der Waals surface area (Å²) in [7, 11) is 0. The lowest BCUT2D eigenvalue weighted by Gasteiger charge is -2.15. The summed E-state index contributed by atoms with van der Waals surface area (Å²) >= 11 is 7.17. The van der Waals surface area contributed by atoms with Crippen molar-refractivity contribution in [1.29, 1.82) is 0 Å². The second-order valence-electron chi connectivity index (χ2n) is 7.66. The van der Waals surface area contributed by atoms with Crippen molar-refractivity contribution in [3.05, 3.63) is 82.7 Å². The highest BCUT2D eigenvalue weighted by Gasteiger charge is 2.20. The zero-order chi connectivity index (χ0) is 24.0. The second-order valence-corrected chi connectivity index (χ2v) is 9.03.